The summed E-state index contributed by atoms with van der Waals surface area (Å²) in [6.07, 6.45) is 4.17. The molecule has 0 aliphatic rings. The van der Waals surface area contributed by atoms with Crippen LogP contribution in [0, 0.1) is 15.9 Å². The highest BCUT2D eigenvalue weighted by molar-refractivity contribution is 9.10. The maximum Gasteiger partial charge on any atom is 0.307 e. The number of hydrogen-bond acceptors (Lipinski definition) is 6. The van der Waals surface area contributed by atoms with Gasteiger partial charge >= 0.3 is 5.69 Å². The first-order chi connectivity index (χ1) is 14.9. The van der Waals surface area contributed by atoms with E-state index in [1.807, 2.05) is 0 Å². The molecule has 1 aromatic carbocycles. The Labute approximate surface area is 187 Å². The summed E-state index contributed by atoms with van der Waals surface area (Å²) in [5.41, 5.74) is 1.18. The van der Waals surface area contributed by atoms with E-state index in [1.165, 1.54) is 39.2 Å². The molecule has 4 rings (SSSR count). The predicted molar refractivity (Wildman–Crippen MR) is 116 cm³/mol. The smallest absolute Gasteiger partial charge is 0.303 e. The van der Waals surface area contributed by atoms with Crippen molar-refractivity contribution in [2.75, 3.05) is 5.32 Å². The average Bonchev–Trinajstić information content (AvgIpc) is 3.45. The Bertz CT molecular complexity index is 1270. The number of nitro groups is 1. The Balaban J connectivity index is 1.42. The molecule has 0 aliphatic heterocycles. The lowest BCUT2D eigenvalue weighted by Gasteiger charge is -2.03. The Morgan fingerprint density at radius 1 is 1.26 bits per heavy atom. The first-order valence-corrected chi connectivity index (χ1v) is 10.6. The summed E-state index contributed by atoms with van der Waals surface area (Å²) in [4.78, 5) is 23.3. The zero-order valence-corrected chi connectivity index (χ0v) is 18.1. The van der Waals surface area contributed by atoms with E-state index in [9.17, 15) is 19.3 Å². The molecule has 0 fully saturated rings. The Hall–Kier alpha value is -3.38. The number of amides is 1. The molecule has 0 atom stereocenters. The second-order valence-electron chi connectivity index (χ2n) is 6.54. The number of nitrogens with zero attached hydrogens (tertiary/aromatic N) is 5. The zero-order valence-electron chi connectivity index (χ0n) is 15.7. The van der Waals surface area contributed by atoms with Crippen molar-refractivity contribution in [2.45, 2.75) is 13.1 Å². The summed E-state index contributed by atoms with van der Waals surface area (Å²) < 4.78 is 17.4. The predicted octanol–water partition coefficient (Wildman–Crippen LogP) is 4.30. The van der Waals surface area contributed by atoms with Gasteiger partial charge in [0.25, 0.3) is 5.91 Å². The summed E-state index contributed by atoms with van der Waals surface area (Å²) >= 11 is 4.60. The number of benzene rings is 1. The van der Waals surface area contributed by atoms with E-state index in [1.54, 1.807) is 35.8 Å². The van der Waals surface area contributed by atoms with Crippen LogP contribution in [0.4, 0.5) is 15.9 Å². The van der Waals surface area contributed by atoms with E-state index >= 15 is 0 Å². The second-order valence-corrected chi connectivity index (χ2v) is 8.31. The molecule has 1 amide bonds. The normalized spacial score (nSPS) is 10.9. The topological polar surface area (TPSA) is 108 Å². The number of thiophene rings is 1. The SMILES string of the molecule is O=C(Nc1nn(Cc2ccccc2F)cc1Br)c1cc(Cn2cc([N+](=O)[O-])cn2)cs1. The minimum absolute atomic E-state index is 0.0935. The lowest BCUT2D eigenvalue weighted by Crippen LogP contribution is -2.12. The highest BCUT2D eigenvalue weighted by atomic mass is 79.9. The molecular weight excluding hydrogens is 491 g/mol. The van der Waals surface area contributed by atoms with E-state index in [0.717, 1.165) is 5.56 Å². The fourth-order valence-corrected chi connectivity index (χ4v) is 4.04. The van der Waals surface area contributed by atoms with Crippen molar-refractivity contribution >= 4 is 44.7 Å². The first-order valence-electron chi connectivity index (χ1n) is 8.91. The van der Waals surface area contributed by atoms with Crippen LogP contribution >= 0.6 is 27.3 Å². The average molecular weight is 505 g/mol. The Kier molecular flexibility index (Phi) is 5.91. The van der Waals surface area contributed by atoms with Crippen LogP contribution in [0.1, 0.15) is 20.8 Å². The molecule has 0 aliphatic carbocycles. The summed E-state index contributed by atoms with van der Waals surface area (Å²) in [6.45, 7) is 0.527. The van der Waals surface area contributed by atoms with Gasteiger partial charge in [0.2, 0.25) is 0 Å². The van der Waals surface area contributed by atoms with Gasteiger partial charge in [0.05, 0.1) is 27.4 Å². The second kappa shape index (κ2) is 8.78. The highest BCUT2D eigenvalue weighted by Crippen LogP contribution is 2.24. The lowest BCUT2D eigenvalue weighted by atomic mass is 10.2. The van der Waals surface area contributed by atoms with Crippen molar-refractivity contribution in [3.63, 3.8) is 0 Å². The van der Waals surface area contributed by atoms with Crippen LogP contribution in [-0.4, -0.2) is 30.4 Å². The molecule has 0 saturated carbocycles. The van der Waals surface area contributed by atoms with Gasteiger partial charge in [-0.2, -0.15) is 10.2 Å². The van der Waals surface area contributed by atoms with Gasteiger partial charge in [-0.3, -0.25) is 24.3 Å². The van der Waals surface area contributed by atoms with Crippen LogP contribution in [-0.2, 0) is 13.1 Å². The lowest BCUT2D eigenvalue weighted by molar-refractivity contribution is -0.385. The minimum Gasteiger partial charge on any atom is -0.303 e. The monoisotopic (exact) mass is 504 g/mol. The third-order valence-corrected chi connectivity index (χ3v) is 5.85. The van der Waals surface area contributed by atoms with Gasteiger partial charge < -0.3 is 5.32 Å². The minimum atomic E-state index is -0.515. The quantitative estimate of drug-likeness (QED) is 0.298. The molecule has 158 valence electrons. The van der Waals surface area contributed by atoms with Crippen molar-refractivity contribution in [2.24, 2.45) is 0 Å². The van der Waals surface area contributed by atoms with E-state index in [4.69, 9.17) is 0 Å². The van der Waals surface area contributed by atoms with E-state index < -0.39 is 4.92 Å². The van der Waals surface area contributed by atoms with Gasteiger partial charge in [0.1, 0.15) is 18.2 Å². The van der Waals surface area contributed by atoms with Gasteiger partial charge in [-0.15, -0.1) is 11.3 Å². The Morgan fingerprint density at radius 2 is 2.06 bits per heavy atom. The molecule has 12 heteroatoms. The van der Waals surface area contributed by atoms with Crippen LogP contribution in [0.25, 0.3) is 0 Å². The molecule has 1 N–H and O–H groups in total. The fraction of sp³-hybridized carbons (Fsp3) is 0.105. The fourth-order valence-electron chi connectivity index (χ4n) is 2.83. The number of nitrogens with one attached hydrogen (secondary N) is 1. The van der Waals surface area contributed by atoms with E-state index in [2.05, 4.69) is 31.4 Å². The molecule has 9 nitrogen and oxygen atoms in total. The van der Waals surface area contributed by atoms with Gasteiger partial charge in [0.15, 0.2) is 5.82 Å². The van der Waals surface area contributed by atoms with Crippen molar-refractivity contribution in [3.05, 3.63) is 90.7 Å². The van der Waals surface area contributed by atoms with Crippen molar-refractivity contribution in [3.8, 4) is 0 Å². The number of hydrogen-bond donors (Lipinski definition) is 1. The number of rotatable bonds is 7. The van der Waals surface area contributed by atoms with Crippen LogP contribution in [0.5, 0.6) is 0 Å². The molecule has 4 aromatic rings. The molecule has 0 saturated heterocycles. The molecule has 0 radical (unpaired) electrons. The van der Waals surface area contributed by atoms with Gasteiger partial charge in [-0.25, -0.2) is 4.39 Å². The van der Waals surface area contributed by atoms with E-state index in [0.29, 0.717) is 27.3 Å². The Morgan fingerprint density at radius 3 is 2.81 bits per heavy atom. The van der Waals surface area contributed by atoms with E-state index in [-0.39, 0.29) is 24.0 Å². The molecule has 0 spiro atoms. The standard InChI is InChI=1S/C19H14BrFN6O3S/c20-15-10-26(8-13-3-1-2-4-16(13)21)24-18(15)23-19(28)17-5-12(11-31-17)7-25-9-14(6-22-25)27(29)30/h1-6,9-11H,7-8H2,(H,23,24,28). The molecule has 31 heavy (non-hydrogen) atoms. The van der Waals surface area contributed by atoms with Crippen molar-refractivity contribution < 1.29 is 14.1 Å². The van der Waals surface area contributed by atoms with Crippen molar-refractivity contribution in [1.82, 2.24) is 19.6 Å². The number of carbonyl (C=O) groups excluding carboxylic acids is 1. The maximum absolute atomic E-state index is 13.9. The molecule has 3 aromatic heterocycles. The summed E-state index contributed by atoms with van der Waals surface area (Å²) in [5, 5.41) is 23.5. The third-order valence-electron chi connectivity index (χ3n) is 4.29. The number of aromatic nitrogens is 4. The van der Waals surface area contributed by atoms with Crippen LogP contribution < -0.4 is 5.32 Å². The summed E-state index contributed by atoms with van der Waals surface area (Å²) in [6, 6.07) is 8.11. The third kappa shape index (κ3) is 4.86. The van der Waals surface area contributed by atoms with Gasteiger partial charge in [0, 0.05) is 11.8 Å². The highest BCUT2D eigenvalue weighted by Gasteiger charge is 2.16. The molecule has 3 heterocycles. The molecule has 0 unspecified atom stereocenters. The molecule has 0 bridgehead atoms. The van der Waals surface area contributed by atoms with Crippen LogP contribution in [0.15, 0.2) is 58.8 Å². The zero-order chi connectivity index (χ0) is 22.0. The van der Waals surface area contributed by atoms with Gasteiger partial charge in [-0.05, 0) is 39.0 Å². The van der Waals surface area contributed by atoms with Gasteiger partial charge in [-0.1, -0.05) is 18.2 Å². The largest absolute Gasteiger partial charge is 0.307 e. The maximum atomic E-state index is 13.9. The number of anilines is 1. The summed E-state index contributed by atoms with van der Waals surface area (Å²) in [5.74, 6) is -0.355. The molecular formula is C19H14BrFN6O3S. The summed E-state index contributed by atoms with van der Waals surface area (Å²) in [7, 11) is 0. The van der Waals surface area contributed by atoms with Crippen LogP contribution in [0.2, 0.25) is 0 Å². The number of carbonyl (C=O) groups is 1. The number of halogens is 2. The van der Waals surface area contributed by atoms with Crippen molar-refractivity contribution in [1.29, 1.82) is 0 Å². The van der Waals surface area contributed by atoms with Crippen LogP contribution in [0.3, 0.4) is 0 Å². The first kappa shape index (κ1) is 20.9.